The van der Waals surface area contributed by atoms with Crippen molar-refractivity contribution in [1.82, 2.24) is 10.6 Å². The van der Waals surface area contributed by atoms with Crippen LogP contribution in [0.5, 0.6) is 5.75 Å². The molecule has 0 spiro atoms. The number of nitrogens with one attached hydrogen (secondary N) is 2. The van der Waals surface area contributed by atoms with Crippen molar-refractivity contribution in [3.8, 4) is 5.75 Å². The summed E-state index contributed by atoms with van der Waals surface area (Å²) in [6, 6.07) is 8.26. The topological polar surface area (TPSA) is 50.4 Å². The maximum Gasteiger partial charge on any atom is 0.224 e. The fourth-order valence-corrected chi connectivity index (χ4v) is 3.95. The van der Waals surface area contributed by atoms with E-state index in [1.54, 1.807) is 7.11 Å². The second-order valence-corrected chi connectivity index (χ2v) is 6.60. The van der Waals surface area contributed by atoms with Gasteiger partial charge in [-0.15, -0.1) is 0 Å². The van der Waals surface area contributed by atoms with E-state index in [0.717, 1.165) is 44.6 Å². The molecule has 1 unspecified atom stereocenters. The zero-order chi connectivity index (χ0) is 15.4. The molecule has 1 aliphatic carbocycles. The minimum Gasteiger partial charge on any atom is -0.496 e. The standard InChI is InChI=1S/C18H26N2O2/c1-22-16-7-3-2-6-15(16)18(9-4-5-10-18)13-20-17(21)14-8-11-19-12-14/h2-3,6-7,14,19H,4-5,8-13H2,1H3,(H,20,21). The summed E-state index contributed by atoms with van der Waals surface area (Å²) in [6.45, 7) is 2.49. The van der Waals surface area contributed by atoms with Crippen LogP contribution in [0.2, 0.25) is 0 Å². The van der Waals surface area contributed by atoms with Crippen LogP contribution in [-0.4, -0.2) is 32.7 Å². The number of rotatable bonds is 5. The first-order valence-corrected chi connectivity index (χ1v) is 8.37. The monoisotopic (exact) mass is 302 g/mol. The first-order chi connectivity index (χ1) is 10.7. The maximum atomic E-state index is 12.3. The van der Waals surface area contributed by atoms with Gasteiger partial charge in [-0.25, -0.2) is 0 Å². The third-order valence-corrected chi connectivity index (χ3v) is 5.27. The Morgan fingerprint density at radius 1 is 1.36 bits per heavy atom. The van der Waals surface area contributed by atoms with Crippen molar-refractivity contribution in [3.05, 3.63) is 29.8 Å². The van der Waals surface area contributed by atoms with Crippen LogP contribution in [0.1, 0.15) is 37.7 Å². The van der Waals surface area contributed by atoms with Gasteiger partial charge in [0.25, 0.3) is 0 Å². The van der Waals surface area contributed by atoms with E-state index in [4.69, 9.17) is 4.74 Å². The summed E-state index contributed by atoms with van der Waals surface area (Å²) in [5.41, 5.74) is 1.29. The Bertz CT molecular complexity index is 518. The summed E-state index contributed by atoms with van der Waals surface area (Å²) in [7, 11) is 1.73. The van der Waals surface area contributed by atoms with Gasteiger partial charge in [0.15, 0.2) is 0 Å². The largest absolute Gasteiger partial charge is 0.496 e. The van der Waals surface area contributed by atoms with Gasteiger partial charge < -0.3 is 15.4 Å². The summed E-state index contributed by atoms with van der Waals surface area (Å²) >= 11 is 0. The van der Waals surface area contributed by atoms with E-state index in [0.29, 0.717) is 0 Å². The lowest BCUT2D eigenvalue weighted by atomic mass is 9.78. The second-order valence-electron chi connectivity index (χ2n) is 6.60. The Kier molecular flexibility index (Phi) is 4.67. The van der Waals surface area contributed by atoms with Crippen LogP contribution in [0.4, 0.5) is 0 Å². The Morgan fingerprint density at radius 2 is 2.14 bits per heavy atom. The molecule has 2 N–H and O–H groups in total. The van der Waals surface area contributed by atoms with Gasteiger partial charge in [-0.1, -0.05) is 31.0 Å². The lowest BCUT2D eigenvalue weighted by Gasteiger charge is -2.31. The highest BCUT2D eigenvalue weighted by molar-refractivity contribution is 5.79. The molecule has 0 bridgehead atoms. The Hall–Kier alpha value is -1.55. The van der Waals surface area contributed by atoms with Gasteiger partial charge in [-0.05, 0) is 31.9 Å². The predicted octanol–water partition coefficient (Wildman–Crippen LogP) is 2.23. The summed E-state index contributed by atoms with van der Waals surface area (Å²) in [5, 5.41) is 6.48. The van der Waals surface area contributed by atoms with Crippen molar-refractivity contribution < 1.29 is 9.53 Å². The number of hydrogen-bond donors (Lipinski definition) is 2. The van der Waals surface area contributed by atoms with Gasteiger partial charge in [0.2, 0.25) is 5.91 Å². The van der Waals surface area contributed by atoms with E-state index in [-0.39, 0.29) is 17.2 Å². The van der Waals surface area contributed by atoms with E-state index in [9.17, 15) is 4.79 Å². The zero-order valence-corrected chi connectivity index (χ0v) is 13.4. The normalized spacial score (nSPS) is 23.4. The van der Waals surface area contributed by atoms with E-state index < -0.39 is 0 Å². The molecule has 2 aliphatic rings. The minimum atomic E-state index is 0.0360. The summed E-state index contributed by atoms with van der Waals surface area (Å²) < 4.78 is 5.57. The highest BCUT2D eigenvalue weighted by Gasteiger charge is 2.38. The molecule has 1 saturated carbocycles. The van der Waals surface area contributed by atoms with Crippen LogP contribution in [0.25, 0.3) is 0 Å². The van der Waals surface area contributed by atoms with Gasteiger partial charge in [0.05, 0.1) is 13.0 Å². The smallest absolute Gasteiger partial charge is 0.224 e. The van der Waals surface area contributed by atoms with Crippen LogP contribution in [0.3, 0.4) is 0 Å². The molecule has 22 heavy (non-hydrogen) atoms. The number of para-hydroxylation sites is 1. The van der Waals surface area contributed by atoms with Crippen molar-refractivity contribution in [2.24, 2.45) is 5.92 Å². The summed E-state index contributed by atoms with van der Waals surface area (Å²) in [5.74, 6) is 1.28. The SMILES string of the molecule is COc1ccccc1C1(CNC(=O)C2CCNC2)CCCC1. The molecule has 1 atom stereocenters. The highest BCUT2D eigenvalue weighted by atomic mass is 16.5. The van der Waals surface area contributed by atoms with Crippen molar-refractivity contribution in [2.45, 2.75) is 37.5 Å². The molecule has 0 aromatic heterocycles. The molecule has 1 aromatic carbocycles. The molecule has 0 radical (unpaired) electrons. The van der Waals surface area contributed by atoms with Crippen LogP contribution < -0.4 is 15.4 Å². The maximum absolute atomic E-state index is 12.3. The Labute approximate surface area is 132 Å². The number of benzene rings is 1. The van der Waals surface area contributed by atoms with Crippen LogP contribution in [0, 0.1) is 5.92 Å². The van der Waals surface area contributed by atoms with E-state index in [1.165, 1.54) is 18.4 Å². The molecular formula is C18H26N2O2. The van der Waals surface area contributed by atoms with Crippen LogP contribution >= 0.6 is 0 Å². The van der Waals surface area contributed by atoms with Crippen molar-refractivity contribution in [1.29, 1.82) is 0 Å². The zero-order valence-electron chi connectivity index (χ0n) is 13.4. The molecule has 1 saturated heterocycles. The summed E-state index contributed by atoms with van der Waals surface area (Å²) in [4.78, 5) is 12.3. The van der Waals surface area contributed by atoms with E-state index >= 15 is 0 Å². The molecule has 1 aromatic rings. The number of hydrogen-bond acceptors (Lipinski definition) is 3. The first-order valence-electron chi connectivity index (χ1n) is 8.37. The second kappa shape index (κ2) is 6.69. The molecule has 1 amide bonds. The predicted molar refractivity (Wildman–Crippen MR) is 87.1 cm³/mol. The van der Waals surface area contributed by atoms with Gasteiger partial charge in [-0.2, -0.15) is 0 Å². The molecule has 4 nitrogen and oxygen atoms in total. The van der Waals surface area contributed by atoms with Crippen molar-refractivity contribution >= 4 is 5.91 Å². The van der Waals surface area contributed by atoms with E-state index in [2.05, 4.69) is 22.8 Å². The van der Waals surface area contributed by atoms with E-state index in [1.807, 2.05) is 12.1 Å². The molecule has 3 rings (SSSR count). The lowest BCUT2D eigenvalue weighted by molar-refractivity contribution is -0.124. The first kappa shape index (κ1) is 15.3. The molecule has 2 fully saturated rings. The molecular weight excluding hydrogens is 276 g/mol. The molecule has 120 valence electrons. The van der Waals surface area contributed by atoms with Gasteiger partial charge >= 0.3 is 0 Å². The van der Waals surface area contributed by atoms with Crippen LogP contribution in [0.15, 0.2) is 24.3 Å². The summed E-state index contributed by atoms with van der Waals surface area (Å²) in [6.07, 6.45) is 5.64. The molecule has 4 heteroatoms. The quantitative estimate of drug-likeness (QED) is 0.877. The lowest BCUT2D eigenvalue weighted by Crippen LogP contribution is -2.42. The molecule has 1 aliphatic heterocycles. The van der Waals surface area contributed by atoms with Crippen molar-refractivity contribution in [2.75, 3.05) is 26.7 Å². The number of amides is 1. The average molecular weight is 302 g/mol. The third-order valence-electron chi connectivity index (χ3n) is 5.27. The average Bonchev–Trinajstić information content (AvgIpc) is 3.25. The van der Waals surface area contributed by atoms with Gasteiger partial charge in [0, 0.05) is 24.1 Å². The fraction of sp³-hybridized carbons (Fsp3) is 0.611. The van der Waals surface area contributed by atoms with Crippen LogP contribution in [-0.2, 0) is 10.2 Å². The van der Waals surface area contributed by atoms with Gasteiger partial charge in [-0.3, -0.25) is 4.79 Å². The minimum absolute atomic E-state index is 0.0360. The van der Waals surface area contributed by atoms with Gasteiger partial charge in [0.1, 0.15) is 5.75 Å². The number of carbonyl (C=O) groups excluding carboxylic acids is 1. The molecule has 1 heterocycles. The highest BCUT2D eigenvalue weighted by Crippen LogP contribution is 2.44. The fourth-order valence-electron chi connectivity index (χ4n) is 3.95. The number of ether oxygens (including phenoxy) is 1. The third kappa shape index (κ3) is 2.98. The Balaban J connectivity index is 1.75. The van der Waals surface area contributed by atoms with Crippen molar-refractivity contribution in [3.63, 3.8) is 0 Å². The Morgan fingerprint density at radius 3 is 2.82 bits per heavy atom. The number of carbonyl (C=O) groups is 1. The number of methoxy groups -OCH3 is 1.